The molecule has 9 heteroatoms. The Morgan fingerprint density at radius 1 is 0.931 bits per heavy atom. The molecule has 3 heterocycles. The van der Waals surface area contributed by atoms with Gasteiger partial charge < -0.3 is 18.9 Å². The summed E-state index contributed by atoms with van der Waals surface area (Å²) in [6.07, 6.45) is 2.15. The summed E-state index contributed by atoms with van der Waals surface area (Å²) in [5.41, 5.74) is 0. The van der Waals surface area contributed by atoms with Gasteiger partial charge in [-0.15, -0.1) is 0 Å². The van der Waals surface area contributed by atoms with E-state index in [4.69, 9.17) is 18.9 Å². The van der Waals surface area contributed by atoms with Gasteiger partial charge in [0.15, 0.2) is 6.29 Å². The van der Waals surface area contributed by atoms with Gasteiger partial charge in [-0.05, 0) is 50.2 Å². The molecule has 0 amide bonds. The summed E-state index contributed by atoms with van der Waals surface area (Å²) in [5, 5.41) is 0. The molecule has 0 radical (unpaired) electrons. The molecule has 3 fully saturated rings. The molecule has 8 nitrogen and oxygen atoms in total. The third kappa shape index (κ3) is 5.28. The largest absolute Gasteiger partial charge is 0.492 e. The second-order valence-electron chi connectivity index (χ2n) is 7.63. The van der Waals surface area contributed by atoms with Crippen molar-refractivity contribution in [1.29, 1.82) is 0 Å². The van der Waals surface area contributed by atoms with Crippen LogP contribution in [0.5, 0.6) is 5.75 Å². The van der Waals surface area contributed by atoms with Crippen molar-refractivity contribution in [1.82, 2.24) is 9.21 Å². The van der Waals surface area contributed by atoms with Crippen molar-refractivity contribution in [3.05, 3.63) is 24.3 Å². The Morgan fingerprint density at radius 3 is 2.24 bits per heavy atom. The lowest BCUT2D eigenvalue weighted by Gasteiger charge is -2.33. The van der Waals surface area contributed by atoms with Gasteiger partial charge in [0, 0.05) is 25.6 Å². The number of hydrogen-bond acceptors (Lipinski definition) is 7. The highest BCUT2D eigenvalue weighted by Gasteiger charge is 2.30. The lowest BCUT2D eigenvalue weighted by molar-refractivity contribution is -0.0976. The molecule has 1 aromatic rings. The van der Waals surface area contributed by atoms with Crippen molar-refractivity contribution in [2.45, 2.75) is 24.0 Å². The predicted octanol–water partition coefficient (Wildman–Crippen LogP) is 1.17. The summed E-state index contributed by atoms with van der Waals surface area (Å²) in [6, 6.07) is 6.70. The maximum absolute atomic E-state index is 12.6. The first-order valence-electron chi connectivity index (χ1n) is 10.4. The number of sulfonamides is 1. The van der Waals surface area contributed by atoms with Crippen LogP contribution in [0.1, 0.15) is 12.8 Å². The quantitative estimate of drug-likeness (QED) is 0.648. The second kappa shape index (κ2) is 9.72. The Labute approximate surface area is 172 Å². The standard InChI is InChI=1S/C20H30N2O6S/c23-29(24,22-10-12-25-13-11-22)19-3-1-18(2-4-19)26-14-9-21-7-5-17(6-8-21)20-27-15-16-28-20/h1-4,17,20H,5-16H2. The normalized spacial score (nSPS) is 23.4. The fraction of sp³-hybridized carbons (Fsp3) is 0.700. The first-order valence-corrected chi connectivity index (χ1v) is 11.8. The van der Waals surface area contributed by atoms with Crippen LogP contribution in [0.2, 0.25) is 0 Å². The lowest BCUT2D eigenvalue weighted by Crippen LogP contribution is -2.40. The Bertz CT molecular complexity index is 737. The molecule has 29 heavy (non-hydrogen) atoms. The minimum atomic E-state index is -3.46. The SMILES string of the molecule is O=S(=O)(c1ccc(OCCN2CCC(C3OCCO3)CC2)cc1)N1CCOCC1. The fourth-order valence-corrected chi connectivity index (χ4v) is 5.44. The second-order valence-corrected chi connectivity index (χ2v) is 9.56. The number of ether oxygens (including phenoxy) is 4. The van der Waals surface area contributed by atoms with Crippen molar-refractivity contribution < 1.29 is 27.4 Å². The number of piperidine rings is 1. The molecule has 3 saturated heterocycles. The lowest BCUT2D eigenvalue weighted by atomic mass is 9.96. The average Bonchev–Trinajstić information content (AvgIpc) is 3.30. The van der Waals surface area contributed by atoms with Crippen molar-refractivity contribution in [3.63, 3.8) is 0 Å². The summed E-state index contributed by atoms with van der Waals surface area (Å²) in [6.45, 7) is 6.59. The Kier molecular flexibility index (Phi) is 7.04. The molecule has 3 aliphatic rings. The topological polar surface area (TPSA) is 77.5 Å². The molecule has 3 aliphatic heterocycles. The van der Waals surface area contributed by atoms with Crippen LogP contribution < -0.4 is 4.74 Å². The number of hydrogen-bond donors (Lipinski definition) is 0. The molecular weight excluding hydrogens is 396 g/mol. The molecular formula is C20H30N2O6S. The maximum atomic E-state index is 12.6. The Hall–Kier alpha value is -1.23. The zero-order valence-electron chi connectivity index (χ0n) is 16.7. The van der Waals surface area contributed by atoms with E-state index in [9.17, 15) is 8.42 Å². The highest BCUT2D eigenvalue weighted by atomic mass is 32.2. The Balaban J connectivity index is 1.20. The predicted molar refractivity (Wildman–Crippen MR) is 106 cm³/mol. The van der Waals surface area contributed by atoms with E-state index in [1.165, 1.54) is 4.31 Å². The van der Waals surface area contributed by atoms with Gasteiger partial charge in [0.2, 0.25) is 10.0 Å². The molecule has 0 unspecified atom stereocenters. The fourth-order valence-electron chi connectivity index (χ4n) is 4.03. The molecule has 0 N–H and O–H groups in total. The third-order valence-corrected chi connectivity index (χ3v) is 7.69. The molecule has 1 aromatic carbocycles. The van der Waals surface area contributed by atoms with E-state index >= 15 is 0 Å². The summed E-state index contributed by atoms with van der Waals surface area (Å²) in [7, 11) is -3.46. The minimum Gasteiger partial charge on any atom is -0.492 e. The van der Waals surface area contributed by atoms with Gasteiger partial charge in [-0.3, -0.25) is 4.90 Å². The third-order valence-electron chi connectivity index (χ3n) is 5.77. The van der Waals surface area contributed by atoms with E-state index in [0.29, 0.717) is 62.7 Å². The number of rotatable bonds is 7. The van der Waals surface area contributed by atoms with E-state index in [0.717, 1.165) is 32.5 Å². The van der Waals surface area contributed by atoms with E-state index in [2.05, 4.69) is 4.90 Å². The number of morpholine rings is 1. The van der Waals surface area contributed by atoms with E-state index in [1.807, 2.05) is 0 Å². The van der Waals surface area contributed by atoms with Crippen molar-refractivity contribution in [2.24, 2.45) is 5.92 Å². The first kappa shape index (κ1) is 21.0. The van der Waals surface area contributed by atoms with E-state index < -0.39 is 10.0 Å². The van der Waals surface area contributed by atoms with Crippen LogP contribution in [-0.4, -0.2) is 89.7 Å². The van der Waals surface area contributed by atoms with Crippen molar-refractivity contribution in [3.8, 4) is 5.75 Å². The molecule has 0 saturated carbocycles. The first-order chi connectivity index (χ1) is 14.1. The van der Waals surface area contributed by atoms with E-state index in [1.54, 1.807) is 24.3 Å². The van der Waals surface area contributed by atoms with Gasteiger partial charge in [0.05, 0.1) is 31.3 Å². The molecule has 0 bridgehead atoms. The molecule has 4 rings (SSSR count). The van der Waals surface area contributed by atoms with Crippen molar-refractivity contribution >= 4 is 10.0 Å². The van der Waals surface area contributed by atoms with Gasteiger partial charge in [-0.25, -0.2) is 8.42 Å². The molecule has 0 aromatic heterocycles. The van der Waals surface area contributed by atoms with E-state index in [-0.39, 0.29) is 6.29 Å². The van der Waals surface area contributed by atoms with Crippen LogP contribution in [0.4, 0.5) is 0 Å². The molecule has 162 valence electrons. The summed E-state index contributed by atoms with van der Waals surface area (Å²) in [5.74, 6) is 1.18. The summed E-state index contributed by atoms with van der Waals surface area (Å²) >= 11 is 0. The van der Waals surface area contributed by atoms with Crippen molar-refractivity contribution in [2.75, 3.05) is 65.8 Å². The highest BCUT2D eigenvalue weighted by molar-refractivity contribution is 7.89. The highest BCUT2D eigenvalue weighted by Crippen LogP contribution is 2.26. The van der Waals surface area contributed by atoms with Crippen LogP contribution in [0, 0.1) is 5.92 Å². The smallest absolute Gasteiger partial charge is 0.243 e. The van der Waals surface area contributed by atoms with Crippen LogP contribution in [0.15, 0.2) is 29.2 Å². The van der Waals surface area contributed by atoms with Gasteiger partial charge in [-0.2, -0.15) is 4.31 Å². The van der Waals surface area contributed by atoms with Gasteiger partial charge in [0.25, 0.3) is 0 Å². The number of likely N-dealkylation sites (tertiary alicyclic amines) is 1. The molecule has 0 atom stereocenters. The van der Waals surface area contributed by atoms with Crippen LogP contribution >= 0.6 is 0 Å². The monoisotopic (exact) mass is 426 g/mol. The number of nitrogens with zero attached hydrogens (tertiary/aromatic N) is 2. The van der Waals surface area contributed by atoms with Crippen LogP contribution in [-0.2, 0) is 24.2 Å². The maximum Gasteiger partial charge on any atom is 0.243 e. The van der Waals surface area contributed by atoms with Gasteiger partial charge >= 0.3 is 0 Å². The Morgan fingerprint density at radius 2 is 1.59 bits per heavy atom. The van der Waals surface area contributed by atoms with Crippen LogP contribution in [0.25, 0.3) is 0 Å². The van der Waals surface area contributed by atoms with Gasteiger partial charge in [-0.1, -0.05) is 0 Å². The minimum absolute atomic E-state index is 0.0133. The molecule has 0 spiro atoms. The summed E-state index contributed by atoms with van der Waals surface area (Å²) < 4.78 is 49.1. The number of benzene rings is 1. The average molecular weight is 427 g/mol. The molecule has 0 aliphatic carbocycles. The summed E-state index contributed by atoms with van der Waals surface area (Å²) in [4.78, 5) is 2.69. The zero-order valence-corrected chi connectivity index (χ0v) is 17.5. The zero-order chi connectivity index (χ0) is 20.1. The van der Waals surface area contributed by atoms with Crippen LogP contribution in [0.3, 0.4) is 0 Å². The van der Waals surface area contributed by atoms with Gasteiger partial charge in [0.1, 0.15) is 12.4 Å².